The lowest BCUT2D eigenvalue weighted by molar-refractivity contribution is -0.162. The van der Waals surface area contributed by atoms with E-state index in [0.29, 0.717) is 33.7 Å². The van der Waals surface area contributed by atoms with E-state index in [2.05, 4.69) is 4.98 Å². The van der Waals surface area contributed by atoms with Crippen molar-refractivity contribution in [3.63, 3.8) is 0 Å². The molecule has 1 fully saturated rings. The van der Waals surface area contributed by atoms with Gasteiger partial charge in [-0.05, 0) is 49.4 Å². The number of hydrogen-bond donors (Lipinski definition) is 1. The van der Waals surface area contributed by atoms with Crippen LogP contribution in [0.2, 0.25) is 4.34 Å². The van der Waals surface area contributed by atoms with Crippen molar-refractivity contribution < 1.29 is 53.9 Å². The Hall–Kier alpha value is -3.42. The summed E-state index contributed by atoms with van der Waals surface area (Å²) in [5, 5.41) is 1.07. The molecule has 0 bridgehead atoms. The fourth-order valence-corrected chi connectivity index (χ4v) is 9.35. The number of hydrogen-bond acceptors (Lipinski definition) is 9. The molecule has 0 saturated carbocycles. The number of pyridine rings is 1. The first kappa shape index (κ1) is 39.8. The number of sulfonamides is 1. The van der Waals surface area contributed by atoms with Crippen molar-refractivity contribution in [2.24, 2.45) is 0 Å². The van der Waals surface area contributed by atoms with E-state index in [9.17, 15) is 44.3 Å². The van der Waals surface area contributed by atoms with Gasteiger partial charge in [-0.1, -0.05) is 24.9 Å². The first-order chi connectivity index (χ1) is 24.2. The van der Waals surface area contributed by atoms with Crippen LogP contribution in [0.1, 0.15) is 82.9 Å². The number of ether oxygens (including phenoxy) is 1. The van der Waals surface area contributed by atoms with Crippen LogP contribution in [0.25, 0.3) is 0 Å². The molecule has 52 heavy (non-hydrogen) atoms. The van der Waals surface area contributed by atoms with Crippen molar-refractivity contribution >= 4 is 62.0 Å². The fourth-order valence-electron chi connectivity index (χ4n) is 6.83. The Morgan fingerprint density at radius 3 is 2.46 bits per heavy atom. The van der Waals surface area contributed by atoms with E-state index in [0.717, 1.165) is 39.7 Å². The average Bonchev–Trinajstić information content (AvgIpc) is 3.68. The van der Waals surface area contributed by atoms with Gasteiger partial charge in [-0.2, -0.15) is 26.3 Å². The third-order valence-corrected chi connectivity index (χ3v) is 11.7. The van der Waals surface area contributed by atoms with Gasteiger partial charge in [0.1, 0.15) is 16.3 Å². The molecule has 3 aromatic rings. The van der Waals surface area contributed by atoms with Crippen LogP contribution in [-0.4, -0.2) is 71.9 Å². The Morgan fingerprint density at radius 2 is 1.83 bits per heavy atom. The van der Waals surface area contributed by atoms with E-state index in [1.807, 2.05) is 4.72 Å². The van der Waals surface area contributed by atoms with E-state index in [4.69, 9.17) is 16.3 Å². The molecule has 3 aromatic heterocycles. The number of likely N-dealkylation sites (tertiary alicyclic amines) is 1. The molecule has 0 aliphatic carbocycles. The maximum Gasteiger partial charge on any atom is 0.425 e. The Labute approximate surface area is 308 Å². The summed E-state index contributed by atoms with van der Waals surface area (Å²) in [4.78, 5) is 47.9. The summed E-state index contributed by atoms with van der Waals surface area (Å²) in [5.41, 5.74) is -3.73. The summed E-state index contributed by atoms with van der Waals surface area (Å²) in [7, 11) is -3.91. The predicted molar refractivity (Wildman–Crippen MR) is 181 cm³/mol. The Morgan fingerprint density at radius 1 is 1.10 bits per heavy atom. The number of nitrogens with zero attached hydrogens (tertiary/aromatic N) is 3. The molecule has 0 spiro atoms. The summed E-state index contributed by atoms with van der Waals surface area (Å²) in [6.07, 6.45) is -7.82. The van der Waals surface area contributed by atoms with Gasteiger partial charge in [0.2, 0.25) is 21.5 Å². The molecular formula is C32H33ClF6N4O6S3. The van der Waals surface area contributed by atoms with Gasteiger partial charge < -0.3 is 14.5 Å². The zero-order valence-electron chi connectivity index (χ0n) is 27.6. The maximum atomic E-state index is 15.2. The molecule has 284 valence electrons. The van der Waals surface area contributed by atoms with E-state index in [1.54, 1.807) is 13.0 Å². The first-order valence-corrected chi connectivity index (χ1v) is 20.0. The van der Waals surface area contributed by atoms with Crippen LogP contribution < -0.4 is 9.46 Å². The monoisotopic (exact) mass is 814 g/mol. The minimum atomic E-state index is -4.95. The number of nitrogens with one attached hydrogen (secondary N) is 1. The van der Waals surface area contributed by atoms with Crippen LogP contribution in [0.3, 0.4) is 0 Å². The number of carbonyl (C=O) groups excluding carboxylic acids is 3. The molecule has 5 rings (SSSR count). The fraction of sp³-hybridized carbons (Fsp3) is 0.500. The smallest absolute Gasteiger partial charge is 0.425 e. The van der Waals surface area contributed by atoms with E-state index in [1.165, 1.54) is 16.2 Å². The third-order valence-electron chi connectivity index (χ3n) is 8.85. The van der Waals surface area contributed by atoms with Crippen molar-refractivity contribution in [2.75, 3.05) is 19.3 Å². The summed E-state index contributed by atoms with van der Waals surface area (Å²) in [6, 6.07) is 1.92. The molecule has 2 aliphatic heterocycles. The number of aromatic nitrogens is 1. The predicted octanol–water partition coefficient (Wildman–Crippen LogP) is 7.10. The quantitative estimate of drug-likeness (QED) is 0.217. The van der Waals surface area contributed by atoms with Gasteiger partial charge in [-0.25, -0.2) is 8.42 Å². The number of alkyl halides is 6. The second kappa shape index (κ2) is 15.1. The highest BCUT2D eigenvalue weighted by Gasteiger charge is 2.57. The Balaban J connectivity index is 1.62. The van der Waals surface area contributed by atoms with Crippen molar-refractivity contribution in [1.82, 2.24) is 19.5 Å². The van der Waals surface area contributed by atoms with Crippen LogP contribution in [0.4, 0.5) is 26.3 Å². The zero-order chi connectivity index (χ0) is 38.2. The Bertz CT molecular complexity index is 1930. The van der Waals surface area contributed by atoms with Gasteiger partial charge in [0, 0.05) is 48.5 Å². The van der Waals surface area contributed by atoms with Crippen LogP contribution in [0.15, 0.2) is 35.8 Å². The molecule has 0 radical (unpaired) electrons. The number of thiophene rings is 2. The van der Waals surface area contributed by atoms with Gasteiger partial charge in [-0.15, -0.1) is 22.7 Å². The van der Waals surface area contributed by atoms with Crippen molar-refractivity contribution in [3.8, 4) is 5.75 Å². The highest BCUT2D eigenvalue weighted by atomic mass is 35.5. The number of carbonyl (C=O) groups is 3. The first-order valence-electron chi connectivity index (χ1n) is 16.0. The number of amides is 3. The lowest BCUT2D eigenvalue weighted by Crippen LogP contribution is -2.68. The average molecular weight is 815 g/mol. The molecular weight excluding hydrogens is 782 g/mol. The number of rotatable bonds is 10. The van der Waals surface area contributed by atoms with E-state index >= 15 is 4.79 Å². The van der Waals surface area contributed by atoms with Gasteiger partial charge >= 0.3 is 12.4 Å². The van der Waals surface area contributed by atoms with Crippen LogP contribution in [-0.2, 0) is 38.4 Å². The van der Waals surface area contributed by atoms with Gasteiger partial charge in [0.25, 0.3) is 11.8 Å². The molecule has 1 unspecified atom stereocenters. The second-order valence-electron chi connectivity index (χ2n) is 12.5. The molecule has 3 amide bonds. The molecule has 1 saturated heterocycles. The number of halogens is 7. The summed E-state index contributed by atoms with van der Waals surface area (Å²) >= 11 is 7.93. The van der Waals surface area contributed by atoms with Crippen LogP contribution in [0, 0.1) is 0 Å². The minimum absolute atomic E-state index is 0.00668. The minimum Gasteiger partial charge on any atom is -0.474 e. The van der Waals surface area contributed by atoms with E-state index < -0.39 is 73.9 Å². The van der Waals surface area contributed by atoms with Crippen LogP contribution >= 0.6 is 34.3 Å². The largest absolute Gasteiger partial charge is 0.474 e. The molecule has 3 atom stereocenters. The maximum absolute atomic E-state index is 15.2. The molecule has 1 N–H and O–H groups in total. The molecule has 20 heteroatoms. The third kappa shape index (κ3) is 8.52. The Kier molecular flexibility index (Phi) is 11.6. The summed E-state index contributed by atoms with van der Waals surface area (Å²) in [5.74, 6) is -3.06. The van der Waals surface area contributed by atoms with Gasteiger partial charge in [0.15, 0.2) is 0 Å². The summed E-state index contributed by atoms with van der Waals surface area (Å²) < 4.78 is 115. The highest BCUT2D eigenvalue weighted by Crippen LogP contribution is 2.46. The molecule has 2 aliphatic rings. The zero-order valence-corrected chi connectivity index (χ0v) is 30.8. The molecule has 10 nitrogen and oxygen atoms in total. The second-order valence-corrected chi connectivity index (χ2v) is 16.9. The standard InChI is InChI=1S/C32H33ClF6N4O6S3/c1-3-6-23-30(49-18-15-24(50-17-18)32(37,38)39,11-5-13-43(23)28(45)27-20(31(34,35)36)7-4-12-40-27)29(46)42-14-10-22-19(16-25(33)51-22)21(42)8-9-26(44)41-52(2,47)48/h4,7,12,15-17,21,23H,3,5-6,8-11,13-14H2,1-2H3,(H,41,44)/t21?,23-,30+/m1/s1. The lowest BCUT2D eigenvalue weighted by Gasteiger charge is -2.51. The normalized spacial score (nSPS) is 21.1. The number of fused-ring (bicyclic) bond motifs is 1. The van der Waals surface area contributed by atoms with Crippen LogP contribution in [0.5, 0.6) is 5.75 Å². The molecule has 5 heterocycles. The van der Waals surface area contributed by atoms with Gasteiger partial charge in [-0.3, -0.25) is 24.1 Å². The van der Waals surface area contributed by atoms with Gasteiger partial charge in [0.05, 0.1) is 28.2 Å². The van der Waals surface area contributed by atoms with E-state index in [-0.39, 0.29) is 57.4 Å². The lowest BCUT2D eigenvalue weighted by atomic mass is 9.79. The molecule has 0 aromatic carbocycles. The topological polar surface area (TPSA) is 126 Å². The SMILES string of the molecule is CCC[C@H]1N(C(=O)c2ncccc2C(F)(F)F)CCC[C@@]1(Oc1csc(C(F)(F)F)c1)C(=O)N1CCc2sc(Cl)cc2C1CCC(=O)NS(C)(=O)=O. The summed E-state index contributed by atoms with van der Waals surface area (Å²) in [6.45, 7) is 1.63. The number of piperidine rings is 1. The van der Waals surface area contributed by atoms with Crippen molar-refractivity contribution in [2.45, 2.75) is 81.9 Å². The van der Waals surface area contributed by atoms with Crippen molar-refractivity contribution in [3.05, 3.63) is 66.8 Å². The highest BCUT2D eigenvalue weighted by molar-refractivity contribution is 7.89. The van der Waals surface area contributed by atoms with Crippen molar-refractivity contribution in [1.29, 1.82) is 0 Å².